The summed E-state index contributed by atoms with van der Waals surface area (Å²) in [5.74, 6) is -2.23. The number of hydrogen-bond acceptors (Lipinski definition) is 1. The van der Waals surface area contributed by atoms with Gasteiger partial charge in [0.25, 0.3) is 0 Å². The molecule has 0 radical (unpaired) electrons. The number of hydrogen-bond donors (Lipinski definition) is 2. The molecule has 0 spiro atoms. The molecule has 7 heteroatoms. The Hall–Kier alpha value is -2.18. The van der Waals surface area contributed by atoms with Gasteiger partial charge >= 0.3 is 6.03 Å². The van der Waals surface area contributed by atoms with Crippen LogP contribution in [-0.2, 0) is 0 Å². The summed E-state index contributed by atoms with van der Waals surface area (Å²) in [6.07, 6.45) is 0. The molecule has 0 aliphatic heterocycles. The van der Waals surface area contributed by atoms with Crippen LogP contribution in [0.4, 0.5) is 19.3 Å². The maximum atomic E-state index is 13.3. The summed E-state index contributed by atoms with van der Waals surface area (Å²) in [6.45, 7) is 0. The van der Waals surface area contributed by atoms with Crippen LogP contribution in [0.2, 0.25) is 0 Å². The Kier molecular flexibility index (Phi) is 3.39. The molecule has 4 N–H and O–H groups in total. The zero-order chi connectivity index (χ0) is 12.3. The van der Waals surface area contributed by atoms with Gasteiger partial charge in [-0.05, 0) is 12.1 Å². The lowest BCUT2D eigenvalue weighted by Gasteiger charge is -2.15. The highest BCUT2D eigenvalue weighted by molar-refractivity contribution is 5.99. The number of rotatable bonds is 1. The Bertz CT molecular complexity index is 423. The van der Waals surface area contributed by atoms with Crippen molar-refractivity contribution < 1.29 is 13.6 Å². The average Bonchev–Trinajstić information content (AvgIpc) is 2.16. The van der Waals surface area contributed by atoms with E-state index in [0.29, 0.717) is 4.90 Å². The molecule has 2 amide bonds. The molecule has 0 bridgehead atoms. The molecular formula is C9H10F2N4O. The van der Waals surface area contributed by atoms with Crippen molar-refractivity contribution in [3.8, 4) is 0 Å². The minimum atomic E-state index is -0.955. The summed E-state index contributed by atoms with van der Waals surface area (Å²) in [5.41, 5.74) is 9.45. The zero-order valence-electron chi connectivity index (χ0n) is 8.45. The highest BCUT2D eigenvalue weighted by Crippen LogP contribution is 2.22. The molecule has 0 aliphatic carbocycles. The summed E-state index contributed by atoms with van der Waals surface area (Å²) < 4.78 is 26.5. The molecule has 0 saturated carbocycles. The third-order valence-electron chi connectivity index (χ3n) is 1.78. The summed E-state index contributed by atoms with van der Waals surface area (Å²) in [6, 6.07) is 2.28. The van der Waals surface area contributed by atoms with Crippen LogP contribution < -0.4 is 16.4 Å². The fraction of sp³-hybridized carbons (Fsp3) is 0.111. The van der Waals surface area contributed by atoms with Gasteiger partial charge < -0.3 is 11.5 Å². The summed E-state index contributed by atoms with van der Waals surface area (Å²) in [7, 11) is 1.16. The lowest BCUT2D eigenvalue weighted by Crippen LogP contribution is -2.31. The lowest BCUT2D eigenvalue weighted by atomic mass is 10.3. The maximum absolute atomic E-state index is 13.3. The van der Waals surface area contributed by atoms with Crippen LogP contribution in [0.3, 0.4) is 0 Å². The number of amides is 2. The van der Waals surface area contributed by atoms with E-state index in [0.717, 1.165) is 19.2 Å². The predicted octanol–water partition coefficient (Wildman–Crippen LogP) is 0.794. The first kappa shape index (κ1) is 11.9. The van der Waals surface area contributed by atoms with Gasteiger partial charge in [0.05, 0.1) is 0 Å². The second-order valence-electron chi connectivity index (χ2n) is 2.95. The molecule has 0 fully saturated rings. The van der Waals surface area contributed by atoms with Crippen LogP contribution in [0, 0.1) is 11.6 Å². The van der Waals surface area contributed by atoms with Crippen LogP contribution in [0.25, 0.3) is 0 Å². The molecule has 1 rings (SSSR count). The quantitative estimate of drug-likeness (QED) is 0.550. The summed E-state index contributed by atoms with van der Waals surface area (Å²) in [4.78, 5) is 15.2. The van der Waals surface area contributed by atoms with Gasteiger partial charge in [0, 0.05) is 7.05 Å². The van der Waals surface area contributed by atoms with Crippen LogP contribution in [-0.4, -0.2) is 19.0 Å². The number of anilines is 1. The Morgan fingerprint density at radius 1 is 1.31 bits per heavy atom. The number of urea groups is 1. The molecule has 1 aromatic rings. The Morgan fingerprint density at radius 3 is 2.25 bits per heavy atom. The van der Waals surface area contributed by atoms with Crippen molar-refractivity contribution in [1.29, 1.82) is 0 Å². The Labute approximate surface area is 90.4 Å². The van der Waals surface area contributed by atoms with Gasteiger partial charge in [-0.3, -0.25) is 4.90 Å². The van der Waals surface area contributed by atoms with E-state index in [4.69, 9.17) is 11.5 Å². The average molecular weight is 228 g/mol. The Balaban J connectivity index is 3.10. The summed E-state index contributed by atoms with van der Waals surface area (Å²) >= 11 is 0. The van der Waals surface area contributed by atoms with E-state index in [9.17, 15) is 13.6 Å². The molecule has 0 aromatic heterocycles. The topological polar surface area (TPSA) is 84.7 Å². The van der Waals surface area contributed by atoms with E-state index in [2.05, 4.69) is 4.99 Å². The van der Waals surface area contributed by atoms with Crippen molar-refractivity contribution in [3.05, 3.63) is 29.8 Å². The Morgan fingerprint density at radius 2 is 1.81 bits per heavy atom. The van der Waals surface area contributed by atoms with Crippen LogP contribution in [0.5, 0.6) is 0 Å². The third kappa shape index (κ3) is 2.44. The van der Waals surface area contributed by atoms with Gasteiger partial charge in [-0.25, -0.2) is 13.6 Å². The second kappa shape index (κ2) is 4.56. The number of carbonyl (C=O) groups is 1. The predicted molar refractivity (Wildman–Crippen MR) is 56.0 cm³/mol. The first-order valence-corrected chi connectivity index (χ1v) is 4.25. The van der Waals surface area contributed by atoms with Crippen molar-refractivity contribution in [2.45, 2.75) is 0 Å². The van der Waals surface area contributed by atoms with Crippen molar-refractivity contribution in [2.75, 3.05) is 11.9 Å². The van der Waals surface area contributed by atoms with E-state index in [-0.39, 0.29) is 0 Å². The monoisotopic (exact) mass is 228 g/mol. The highest BCUT2D eigenvalue weighted by atomic mass is 19.1. The zero-order valence-corrected chi connectivity index (χ0v) is 8.45. The van der Waals surface area contributed by atoms with Gasteiger partial charge in [0.2, 0.25) is 0 Å². The smallest absolute Gasteiger partial charge is 0.351 e. The minimum Gasteiger partial charge on any atom is -0.370 e. The first-order valence-electron chi connectivity index (χ1n) is 4.25. The van der Waals surface area contributed by atoms with Crippen molar-refractivity contribution in [1.82, 2.24) is 0 Å². The number of nitrogens with zero attached hydrogens (tertiary/aromatic N) is 2. The number of para-hydroxylation sites is 1. The molecule has 0 atom stereocenters. The number of aliphatic imine (C=N–C) groups is 1. The standard InChI is InChI=1S/C9H10F2N4O/c1-15(9(16)14-8(12)13)7-5(10)3-2-4-6(7)11/h2-4H,1H3,(H4,12,13,14,16). The van der Waals surface area contributed by atoms with Crippen LogP contribution in [0.1, 0.15) is 0 Å². The molecule has 0 heterocycles. The molecule has 5 nitrogen and oxygen atoms in total. The minimum absolute atomic E-state index is 0.478. The van der Waals surface area contributed by atoms with Crippen molar-refractivity contribution in [2.24, 2.45) is 16.5 Å². The van der Waals surface area contributed by atoms with Crippen LogP contribution >= 0.6 is 0 Å². The highest BCUT2D eigenvalue weighted by Gasteiger charge is 2.18. The molecular weight excluding hydrogens is 218 g/mol. The fourth-order valence-corrected chi connectivity index (χ4v) is 1.09. The van der Waals surface area contributed by atoms with E-state index < -0.39 is 29.3 Å². The molecule has 16 heavy (non-hydrogen) atoms. The van der Waals surface area contributed by atoms with Crippen LogP contribution in [0.15, 0.2) is 23.2 Å². The number of halogens is 2. The molecule has 0 aliphatic rings. The normalized spacial score (nSPS) is 9.69. The molecule has 1 aromatic carbocycles. The second-order valence-corrected chi connectivity index (χ2v) is 2.95. The van der Waals surface area contributed by atoms with Gasteiger partial charge in [0.15, 0.2) is 5.96 Å². The number of nitrogens with two attached hydrogens (primary N) is 2. The van der Waals surface area contributed by atoms with Crippen molar-refractivity contribution in [3.63, 3.8) is 0 Å². The lowest BCUT2D eigenvalue weighted by molar-refractivity contribution is 0.255. The number of benzene rings is 1. The molecule has 0 saturated heterocycles. The molecule has 86 valence electrons. The van der Waals surface area contributed by atoms with Gasteiger partial charge in [-0.2, -0.15) is 4.99 Å². The van der Waals surface area contributed by atoms with E-state index in [1.807, 2.05) is 0 Å². The van der Waals surface area contributed by atoms with E-state index >= 15 is 0 Å². The summed E-state index contributed by atoms with van der Waals surface area (Å²) in [5, 5.41) is 0. The molecule has 0 unspecified atom stereocenters. The maximum Gasteiger partial charge on any atom is 0.351 e. The van der Waals surface area contributed by atoms with Gasteiger partial charge in [-0.1, -0.05) is 6.07 Å². The van der Waals surface area contributed by atoms with Crippen molar-refractivity contribution >= 4 is 17.7 Å². The number of carbonyl (C=O) groups excluding carboxylic acids is 1. The number of guanidine groups is 1. The van der Waals surface area contributed by atoms with Gasteiger partial charge in [-0.15, -0.1) is 0 Å². The van der Waals surface area contributed by atoms with Gasteiger partial charge in [0.1, 0.15) is 17.3 Å². The first-order chi connectivity index (χ1) is 7.43. The van der Waals surface area contributed by atoms with E-state index in [1.54, 1.807) is 0 Å². The van der Waals surface area contributed by atoms with E-state index in [1.165, 1.54) is 6.07 Å². The SMILES string of the molecule is CN(C(=O)N=C(N)N)c1c(F)cccc1F. The third-order valence-corrected chi connectivity index (χ3v) is 1.78. The fourth-order valence-electron chi connectivity index (χ4n) is 1.09. The largest absolute Gasteiger partial charge is 0.370 e.